The van der Waals surface area contributed by atoms with Gasteiger partial charge in [-0.25, -0.2) is 0 Å². The quantitative estimate of drug-likeness (QED) is 0.635. The van der Waals surface area contributed by atoms with Gasteiger partial charge in [0.25, 0.3) is 0 Å². The molecular weight excluding hydrogens is 314 g/mol. The predicted octanol–water partition coefficient (Wildman–Crippen LogP) is 3.81. The van der Waals surface area contributed by atoms with Gasteiger partial charge in [0.2, 0.25) is 0 Å². The third-order valence-electron chi connectivity index (χ3n) is 4.06. The highest BCUT2D eigenvalue weighted by Gasteiger charge is 2.08. The molecule has 0 spiro atoms. The van der Waals surface area contributed by atoms with Crippen LogP contribution in [0.5, 0.6) is 17.2 Å². The number of methoxy groups -OCH3 is 1. The normalized spacial score (nSPS) is 10.6. The smallest absolute Gasteiger partial charge is 0.123 e. The molecule has 0 atom stereocenters. The second kappa shape index (κ2) is 8.40. The highest BCUT2D eigenvalue weighted by Crippen LogP contribution is 2.28. The minimum Gasteiger partial charge on any atom is -0.497 e. The van der Waals surface area contributed by atoms with Gasteiger partial charge in [-0.15, -0.1) is 0 Å². The molecule has 0 aliphatic heterocycles. The van der Waals surface area contributed by atoms with E-state index in [9.17, 15) is 0 Å². The first-order valence-corrected chi connectivity index (χ1v) is 8.42. The fourth-order valence-corrected chi connectivity index (χ4v) is 2.84. The van der Waals surface area contributed by atoms with E-state index in [0.717, 1.165) is 29.2 Å². The van der Waals surface area contributed by atoms with E-state index in [4.69, 9.17) is 19.9 Å². The Kier molecular flexibility index (Phi) is 5.75. The van der Waals surface area contributed by atoms with Crippen molar-refractivity contribution in [3.05, 3.63) is 66.2 Å². The molecule has 0 amide bonds. The summed E-state index contributed by atoms with van der Waals surface area (Å²) in [6.07, 6.45) is 0.788. The van der Waals surface area contributed by atoms with Crippen molar-refractivity contribution in [2.75, 3.05) is 26.9 Å². The Morgan fingerprint density at radius 2 is 1.52 bits per heavy atom. The van der Waals surface area contributed by atoms with Crippen LogP contribution in [0.15, 0.2) is 60.7 Å². The lowest BCUT2D eigenvalue weighted by Crippen LogP contribution is -2.11. The van der Waals surface area contributed by atoms with Crippen molar-refractivity contribution in [2.24, 2.45) is 5.73 Å². The molecule has 0 fully saturated rings. The van der Waals surface area contributed by atoms with E-state index in [1.54, 1.807) is 7.11 Å². The summed E-state index contributed by atoms with van der Waals surface area (Å²) < 4.78 is 16.8. The van der Waals surface area contributed by atoms with Crippen LogP contribution in [-0.2, 0) is 6.42 Å². The average Bonchev–Trinajstić information content (AvgIpc) is 2.67. The number of hydrogen-bond acceptors (Lipinski definition) is 4. The first kappa shape index (κ1) is 17.1. The standard InChI is InChI=1S/C21H23NO3/c1-23-17-7-9-18(10-8-17)24-14-15-25-21-11-6-16-4-2-3-5-19(16)20(21)12-13-22/h2-11H,12-15,22H2,1H3. The van der Waals surface area contributed by atoms with E-state index in [1.807, 2.05) is 42.5 Å². The molecule has 0 aromatic heterocycles. The second-order valence-corrected chi connectivity index (χ2v) is 5.67. The lowest BCUT2D eigenvalue weighted by atomic mass is 10.0. The lowest BCUT2D eigenvalue weighted by Gasteiger charge is -2.14. The van der Waals surface area contributed by atoms with Crippen molar-refractivity contribution >= 4 is 10.8 Å². The molecule has 4 heteroatoms. The third-order valence-corrected chi connectivity index (χ3v) is 4.06. The molecule has 0 bridgehead atoms. The van der Waals surface area contributed by atoms with Gasteiger partial charge in [-0.1, -0.05) is 30.3 Å². The van der Waals surface area contributed by atoms with Gasteiger partial charge in [0, 0.05) is 5.56 Å². The zero-order valence-electron chi connectivity index (χ0n) is 14.4. The molecule has 2 N–H and O–H groups in total. The van der Waals surface area contributed by atoms with E-state index in [0.29, 0.717) is 19.8 Å². The maximum Gasteiger partial charge on any atom is 0.123 e. The Morgan fingerprint density at radius 1 is 0.800 bits per heavy atom. The molecule has 130 valence electrons. The number of rotatable bonds is 8. The van der Waals surface area contributed by atoms with Gasteiger partial charge >= 0.3 is 0 Å². The largest absolute Gasteiger partial charge is 0.497 e. The summed E-state index contributed by atoms with van der Waals surface area (Å²) in [6, 6.07) is 19.9. The van der Waals surface area contributed by atoms with Gasteiger partial charge < -0.3 is 19.9 Å². The average molecular weight is 337 g/mol. The molecule has 4 nitrogen and oxygen atoms in total. The molecule has 0 aliphatic rings. The fourth-order valence-electron chi connectivity index (χ4n) is 2.84. The summed E-state index contributed by atoms with van der Waals surface area (Å²) in [4.78, 5) is 0. The molecule has 0 radical (unpaired) electrons. The van der Waals surface area contributed by atoms with Crippen LogP contribution in [0, 0.1) is 0 Å². The highest BCUT2D eigenvalue weighted by atomic mass is 16.5. The number of fused-ring (bicyclic) bond motifs is 1. The van der Waals surface area contributed by atoms with Crippen LogP contribution in [0.4, 0.5) is 0 Å². The monoisotopic (exact) mass is 337 g/mol. The lowest BCUT2D eigenvalue weighted by molar-refractivity contribution is 0.216. The van der Waals surface area contributed by atoms with Crippen molar-refractivity contribution in [3.63, 3.8) is 0 Å². The van der Waals surface area contributed by atoms with Gasteiger partial charge in [-0.3, -0.25) is 0 Å². The zero-order chi connectivity index (χ0) is 17.5. The number of benzene rings is 3. The fraction of sp³-hybridized carbons (Fsp3) is 0.238. The number of nitrogens with two attached hydrogens (primary N) is 1. The van der Waals surface area contributed by atoms with Crippen molar-refractivity contribution in [2.45, 2.75) is 6.42 Å². The summed E-state index contributed by atoms with van der Waals surface area (Å²) >= 11 is 0. The van der Waals surface area contributed by atoms with Crippen LogP contribution in [-0.4, -0.2) is 26.9 Å². The zero-order valence-corrected chi connectivity index (χ0v) is 14.4. The molecule has 3 rings (SSSR count). The van der Waals surface area contributed by atoms with Gasteiger partial charge in [0.05, 0.1) is 7.11 Å². The van der Waals surface area contributed by atoms with Gasteiger partial charge in [-0.2, -0.15) is 0 Å². The minimum absolute atomic E-state index is 0.473. The van der Waals surface area contributed by atoms with Crippen LogP contribution >= 0.6 is 0 Å². The summed E-state index contributed by atoms with van der Waals surface area (Å²) in [5, 5.41) is 2.40. The Balaban J connectivity index is 1.63. The number of ether oxygens (including phenoxy) is 3. The van der Waals surface area contributed by atoms with Crippen molar-refractivity contribution in [3.8, 4) is 17.2 Å². The summed E-state index contributed by atoms with van der Waals surface area (Å²) in [6.45, 7) is 1.54. The minimum atomic E-state index is 0.473. The molecule has 0 saturated carbocycles. The summed E-state index contributed by atoms with van der Waals surface area (Å²) in [5.74, 6) is 2.48. The van der Waals surface area contributed by atoms with E-state index < -0.39 is 0 Å². The third kappa shape index (κ3) is 4.22. The van der Waals surface area contributed by atoms with Crippen molar-refractivity contribution in [1.29, 1.82) is 0 Å². The summed E-state index contributed by atoms with van der Waals surface area (Å²) in [5.41, 5.74) is 6.94. The van der Waals surface area contributed by atoms with Crippen LogP contribution in [0.1, 0.15) is 5.56 Å². The molecule has 0 heterocycles. The Morgan fingerprint density at radius 3 is 2.28 bits per heavy atom. The first-order valence-electron chi connectivity index (χ1n) is 8.42. The van der Waals surface area contributed by atoms with Crippen LogP contribution in [0.25, 0.3) is 10.8 Å². The van der Waals surface area contributed by atoms with Gasteiger partial charge in [-0.05, 0) is 54.1 Å². The SMILES string of the molecule is COc1ccc(OCCOc2ccc3ccccc3c2CCN)cc1. The maximum atomic E-state index is 5.96. The van der Waals surface area contributed by atoms with Crippen molar-refractivity contribution < 1.29 is 14.2 Å². The highest BCUT2D eigenvalue weighted by molar-refractivity contribution is 5.87. The van der Waals surface area contributed by atoms with Crippen LogP contribution in [0.2, 0.25) is 0 Å². The molecule has 3 aromatic carbocycles. The Bertz CT molecular complexity index is 815. The van der Waals surface area contributed by atoms with Gasteiger partial charge in [0.1, 0.15) is 30.5 Å². The first-order chi connectivity index (χ1) is 12.3. The van der Waals surface area contributed by atoms with E-state index in [-0.39, 0.29) is 0 Å². The number of hydrogen-bond donors (Lipinski definition) is 1. The predicted molar refractivity (Wildman–Crippen MR) is 101 cm³/mol. The maximum absolute atomic E-state index is 5.96. The molecule has 25 heavy (non-hydrogen) atoms. The molecule has 0 unspecified atom stereocenters. The molecule has 3 aromatic rings. The van der Waals surface area contributed by atoms with E-state index in [2.05, 4.69) is 18.2 Å². The molecule has 0 aliphatic carbocycles. The van der Waals surface area contributed by atoms with E-state index >= 15 is 0 Å². The molecular formula is C21H23NO3. The molecule has 0 saturated heterocycles. The van der Waals surface area contributed by atoms with Crippen LogP contribution < -0.4 is 19.9 Å². The topological polar surface area (TPSA) is 53.7 Å². The van der Waals surface area contributed by atoms with Gasteiger partial charge in [0.15, 0.2) is 0 Å². The van der Waals surface area contributed by atoms with E-state index in [1.165, 1.54) is 10.8 Å². The summed E-state index contributed by atoms with van der Waals surface area (Å²) in [7, 11) is 1.65. The second-order valence-electron chi connectivity index (χ2n) is 5.67. The Hall–Kier alpha value is -2.72. The van der Waals surface area contributed by atoms with Crippen LogP contribution in [0.3, 0.4) is 0 Å². The van der Waals surface area contributed by atoms with Crippen molar-refractivity contribution in [1.82, 2.24) is 0 Å². The Labute approximate surface area is 148 Å².